The van der Waals surface area contributed by atoms with Crippen LogP contribution in [0.5, 0.6) is 0 Å². The quantitative estimate of drug-likeness (QED) is 0.467. The van der Waals surface area contributed by atoms with Crippen molar-refractivity contribution in [2.45, 2.75) is 6.42 Å². The van der Waals surface area contributed by atoms with E-state index in [1.165, 1.54) is 12.1 Å². The molecule has 0 aliphatic rings. The number of aliphatic carboxylic acids is 1. The van der Waals surface area contributed by atoms with Crippen LogP contribution in [0.2, 0.25) is 10.0 Å². The summed E-state index contributed by atoms with van der Waals surface area (Å²) >= 11 is 17.7. The first kappa shape index (κ1) is 22.4. The van der Waals surface area contributed by atoms with Crippen molar-refractivity contribution in [1.29, 1.82) is 0 Å². The normalized spacial score (nSPS) is 9.69. The molecule has 0 saturated carbocycles. The number of carbonyl (C=O) groups is 3. The van der Waals surface area contributed by atoms with Crippen LogP contribution in [-0.2, 0) is 9.59 Å². The number of halogens is 4. The minimum absolute atomic E-state index is 0.257. The predicted octanol–water partition coefficient (Wildman–Crippen LogP) is 5.32. The number of aromatic carboxylic acids is 1. The fourth-order valence-electron chi connectivity index (χ4n) is 1.62. The smallest absolute Gasteiger partial charge is 0.337 e. The Morgan fingerprint density at radius 3 is 2.00 bits per heavy atom. The molecule has 0 saturated heterocycles. The summed E-state index contributed by atoms with van der Waals surface area (Å²) < 4.78 is 1.17. The van der Waals surface area contributed by atoms with Crippen LogP contribution in [0, 0.1) is 0 Å². The van der Waals surface area contributed by atoms with Crippen LogP contribution in [-0.4, -0.2) is 28.1 Å². The highest BCUT2D eigenvalue weighted by Crippen LogP contribution is 2.25. The molecular formula is C16H11Br2Cl2NO5. The Labute approximate surface area is 175 Å². The molecule has 2 aromatic carbocycles. The summed E-state index contributed by atoms with van der Waals surface area (Å²) in [5.41, 5.74) is 0.597. The summed E-state index contributed by atoms with van der Waals surface area (Å²) in [7, 11) is 0. The van der Waals surface area contributed by atoms with Crippen LogP contribution in [0.1, 0.15) is 16.8 Å². The average molecular weight is 528 g/mol. The lowest BCUT2D eigenvalue weighted by Crippen LogP contribution is -2.16. The number of benzene rings is 2. The Balaban J connectivity index is 0.000000273. The summed E-state index contributed by atoms with van der Waals surface area (Å²) in [6.07, 6.45) is -0.598. The number of nitrogens with one attached hydrogen (secondary N) is 1. The van der Waals surface area contributed by atoms with Crippen molar-refractivity contribution in [3.63, 3.8) is 0 Å². The van der Waals surface area contributed by atoms with Crippen LogP contribution in [0.15, 0.2) is 45.3 Å². The van der Waals surface area contributed by atoms with E-state index in [-0.39, 0.29) is 10.6 Å². The zero-order valence-electron chi connectivity index (χ0n) is 12.8. The van der Waals surface area contributed by atoms with Gasteiger partial charge in [0, 0.05) is 14.0 Å². The zero-order chi connectivity index (χ0) is 19.9. The first-order valence-electron chi connectivity index (χ1n) is 6.75. The Morgan fingerprint density at radius 2 is 1.58 bits per heavy atom. The highest BCUT2D eigenvalue weighted by Gasteiger charge is 2.11. The van der Waals surface area contributed by atoms with Crippen molar-refractivity contribution in [3.8, 4) is 0 Å². The van der Waals surface area contributed by atoms with Crippen molar-refractivity contribution in [1.82, 2.24) is 0 Å². The van der Waals surface area contributed by atoms with Gasteiger partial charge in [-0.3, -0.25) is 9.59 Å². The van der Waals surface area contributed by atoms with Gasteiger partial charge in [0.2, 0.25) is 5.91 Å². The minimum Gasteiger partial charge on any atom is -0.481 e. The van der Waals surface area contributed by atoms with Crippen molar-refractivity contribution in [2.24, 2.45) is 0 Å². The zero-order valence-corrected chi connectivity index (χ0v) is 17.5. The van der Waals surface area contributed by atoms with Gasteiger partial charge in [0.05, 0.1) is 16.3 Å². The standard InChI is InChI=1S/C9H7Cl2NO3.C7H4Br2O2/c10-5-1-2-7(6(11)3-5)12-8(13)4-9(14)15;8-4-2-1-3-5(9)6(4)7(10)11/h1-3H,4H2,(H,12,13)(H,14,15);1-3H,(H,10,11). The van der Waals surface area contributed by atoms with E-state index in [4.69, 9.17) is 33.4 Å². The lowest BCUT2D eigenvalue weighted by molar-refractivity contribution is -0.139. The molecule has 0 radical (unpaired) electrons. The molecule has 1 amide bonds. The fourth-order valence-corrected chi connectivity index (χ4v) is 3.42. The van der Waals surface area contributed by atoms with Gasteiger partial charge in [0.15, 0.2) is 0 Å². The SMILES string of the molecule is O=C(O)CC(=O)Nc1ccc(Cl)cc1Cl.O=C(O)c1c(Br)cccc1Br. The van der Waals surface area contributed by atoms with Gasteiger partial charge in [-0.2, -0.15) is 0 Å². The van der Waals surface area contributed by atoms with Crippen molar-refractivity contribution >= 4 is 78.6 Å². The Kier molecular flexibility index (Phi) is 9.07. The van der Waals surface area contributed by atoms with E-state index in [1.807, 2.05) is 0 Å². The van der Waals surface area contributed by atoms with Crippen molar-refractivity contribution in [2.75, 3.05) is 5.32 Å². The summed E-state index contributed by atoms with van der Waals surface area (Å²) in [4.78, 5) is 31.9. The monoisotopic (exact) mass is 525 g/mol. The molecule has 0 bridgehead atoms. The third-order valence-corrected chi connectivity index (χ3v) is 4.56. The third-order valence-electron chi connectivity index (χ3n) is 2.69. The van der Waals surface area contributed by atoms with Crippen molar-refractivity contribution in [3.05, 3.63) is 61.0 Å². The molecule has 0 heterocycles. The van der Waals surface area contributed by atoms with E-state index >= 15 is 0 Å². The van der Waals surface area contributed by atoms with Gasteiger partial charge in [-0.15, -0.1) is 0 Å². The molecule has 0 spiro atoms. The van der Waals surface area contributed by atoms with Gasteiger partial charge in [0.1, 0.15) is 6.42 Å². The molecule has 2 rings (SSSR count). The van der Waals surface area contributed by atoms with E-state index < -0.39 is 24.3 Å². The molecule has 26 heavy (non-hydrogen) atoms. The second-order valence-corrected chi connectivity index (χ2v) is 7.20. The maximum atomic E-state index is 11.1. The second kappa shape index (κ2) is 10.5. The predicted molar refractivity (Wildman–Crippen MR) is 106 cm³/mol. The summed E-state index contributed by atoms with van der Waals surface area (Å²) in [5, 5.41) is 20.1. The summed E-state index contributed by atoms with van der Waals surface area (Å²) in [6.45, 7) is 0. The average Bonchev–Trinajstić information content (AvgIpc) is 2.49. The fraction of sp³-hybridized carbons (Fsp3) is 0.0625. The van der Waals surface area contributed by atoms with Crippen LogP contribution in [0.3, 0.4) is 0 Å². The first-order chi connectivity index (χ1) is 12.1. The van der Waals surface area contributed by atoms with Crippen LogP contribution in [0.25, 0.3) is 0 Å². The van der Waals surface area contributed by atoms with Crippen LogP contribution in [0.4, 0.5) is 5.69 Å². The van der Waals surface area contributed by atoms with E-state index in [1.54, 1.807) is 24.3 Å². The summed E-state index contributed by atoms with van der Waals surface area (Å²) in [5.74, 6) is -2.77. The minimum atomic E-state index is -1.20. The van der Waals surface area contributed by atoms with Crippen molar-refractivity contribution < 1.29 is 24.6 Å². The van der Waals surface area contributed by atoms with Gasteiger partial charge in [-0.1, -0.05) is 29.3 Å². The number of carbonyl (C=O) groups excluding carboxylic acids is 1. The third kappa shape index (κ3) is 7.33. The number of hydrogen-bond acceptors (Lipinski definition) is 3. The molecule has 0 aromatic heterocycles. The molecule has 6 nitrogen and oxygen atoms in total. The lowest BCUT2D eigenvalue weighted by atomic mass is 10.2. The van der Waals surface area contributed by atoms with Crippen LogP contribution >= 0.6 is 55.1 Å². The molecule has 0 aliphatic carbocycles. The van der Waals surface area contributed by atoms with Gasteiger partial charge < -0.3 is 15.5 Å². The molecule has 0 atom stereocenters. The first-order valence-corrected chi connectivity index (χ1v) is 9.10. The van der Waals surface area contributed by atoms with Gasteiger partial charge in [0.25, 0.3) is 0 Å². The summed E-state index contributed by atoms with van der Waals surface area (Å²) in [6, 6.07) is 9.65. The number of hydrogen-bond donors (Lipinski definition) is 3. The largest absolute Gasteiger partial charge is 0.481 e. The lowest BCUT2D eigenvalue weighted by Gasteiger charge is -2.05. The number of carboxylic acids is 2. The molecule has 138 valence electrons. The Bertz CT molecular complexity index is 825. The van der Waals surface area contributed by atoms with E-state index in [2.05, 4.69) is 37.2 Å². The second-order valence-electron chi connectivity index (χ2n) is 4.64. The number of carboxylic acid groups (broad SMARTS) is 2. The molecule has 0 fully saturated rings. The Hall–Kier alpha value is -1.61. The highest BCUT2D eigenvalue weighted by molar-refractivity contribution is 9.11. The maximum absolute atomic E-state index is 11.1. The molecule has 3 N–H and O–H groups in total. The molecular weight excluding hydrogens is 517 g/mol. The van der Waals surface area contributed by atoms with Crippen LogP contribution < -0.4 is 5.32 Å². The van der Waals surface area contributed by atoms with E-state index in [9.17, 15) is 14.4 Å². The molecule has 2 aromatic rings. The topological polar surface area (TPSA) is 104 Å². The highest BCUT2D eigenvalue weighted by atomic mass is 79.9. The van der Waals surface area contributed by atoms with E-state index in [0.717, 1.165) is 0 Å². The number of rotatable bonds is 4. The van der Waals surface area contributed by atoms with Gasteiger partial charge >= 0.3 is 11.9 Å². The molecule has 0 unspecified atom stereocenters. The van der Waals surface area contributed by atoms with Gasteiger partial charge in [-0.05, 0) is 62.2 Å². The number of anilines is 1. The maximum Gasteiger partial charge on any atom is 0.337 e. The molecule has 0 aliphatic heterocycles. The van der Waals surface area contributed by atoms with Gasteiger partial charge in [-0.25, -0.2) is 4.79 Å². The Morgan fingerprint density at radius 1 is 1.00 bits per heavy atom. The van der Waals surface area contributed by atoms with E-state index in [0.29, 0.717) is 19.7 Å². The number of amides is 1. The molecule has 10 heteroatoms.